The largest absolute Gasteiger partial charge is 0.491 e. The number of nitrogens with one attached hydrogen (secondary N) is 1. The van der Waals surface area contributed by atoms with Crippen LogP contribution >= 0.6 is 0 Å². The number of aryl methyl sites for hydroxylation is 2. The average Bonchev–Trinajstić information content (AvgIpc) is 2.43. The van der Waals surface area contributed by atoms with Gasteiger partial charge in [0.1, 0.15) is 12.4 Å². The second-order valence-corrected chi connectivity index (χ2v) is 5.15. The van der Waals surface area contributed by atoms with Crippen molar-refractivity contribution < 1.29 is 9.84 Å². The molecule has 106 valence electrons. The topological polar surface area (TPSA) is 44.7 Å². The van der Waals surface area contributed by atoms with Crippen LogP contribution in [0.15, 0.2) is 18.2 Å². The monoisotopic (exact) mass is 264 g/mol. The van der Waals surface area contributed by atoms with E-state index < -0.39 is 0 Å². The summed E-state index contributed by atoms with van der Waals surface area (Å²) in [7, 11) is 0. The van der Waals surface area contributed by atoms with Gasteiger partial charge in [-0.05, 0) is 25.0 Å². The normalized spacial score (nSPS) is 18.3. The van der Waals surface area contributed by atoms with Gasteiger partial charge in [-0.1, -0.05) is 18.2 Å². The molecule has 4 nitrogen and oxygen atoms in total. The van der Waals surface area contributed by atoms with E-state index in [1.807, 2.05) is 6.07 Å². The molecule has 1 aromatic carbocycles. The van der Waals surface area contributed by atoms with Crippen molar-refractivity contribution in [1.82, 2.24) is 10.2 Å². The van der Waals surface area contributed by atoms with Gasteiger partial charge in [-0.25, -0.2) is 0 Å². The van der Waals surface area contributed by atoms with E-state index >= 15 is 0 Å². The molecule has 0 aliphatic carbocycles. The SMILES string of the molecule is Cc1cccc(C)c1OCC(CO)N1CCNCC1. The lowest BCUT2D eigenvalue weighted by Gasteiger charge is -2.33. The Morgan fingerprint density at radius 1 is 1.26 bits per heavy atom. The van der Waals surface area contributed by atoms with Crippen molar-refractivity contribution in [1.29, 1.82) is 0 Å². The van der Waals surface area contributed by atoms with Crippen LogP contribution in [0.3, 0.4) is 0 Å². The summed E-state index contributed by atoms with van der Waals surface area (Å²) in [5.74, 6) is 0.955. The van der Waals surface area contributed by atoms with Crippen LogP contribution in [-0.4, -0.2) is 55.4 Å². The van der Waals surface area contributed by atoms with Crippen molar-refractivity contribution in [2.75, 3.05) is 39.4 Å². The van der Waals surface area contributed by atoms with E-state index in [4.69, 9.17) is 4.74 Å². The zero-order valence-electron chi connectivity index (χ0n) is 11.9. The number of aliphatic hydroxyl groups excluding tert-OH is 1. The minimum Gasteiger partial charge on any atom is -0.491 e. The first-order valence-electron chi connectivity index (χ1n) is 6.97. The van der Waals surface area contributed by atoms with Gasteiger partial charge in [-0.2, -0.15) is 0 Å². The van der Waals surface area contributed by atoms with Crippen LogP contribution in [0.5, 0.6) is 5.75 Å². The molecule has 2 N–H and O–H groups in total. The summed E-state index contributed by atoms with van der Waals surface area (Å²) in [6.45, 7) is 8.72. The molecule has 1 aromatic rings. The lowest BCUT2D eigenvalue weighted by molar-refractivity contribution is 0.0730. The maximum absolute atomic E-state index is 9.55. The Morgan fingerprint density at radius 3 is 2.47 bits per heavy atom. The number of nitrogens with zero attached hydrogens (tertiary/aromatic N) is 1. The summed E-state index contributed by atoms with van der Waals surface area (Å²) in [5.41, 5.74) is 2.30. The third-order valence-electron chi connectivity index (χ3n) is 3.71. The number of aliphatic hydroxyl groups is 1. The molecule has 1 aliphatic rings. The Morgan fingerprint density at radius 2 is 1.89 bits per heavy atom. The molecular weight excluding hydrogens is 240 g/mol. The maximum atomic E-state index is 9.55. The predicted molar refractivity (Wildman–Crippen MR) is 76.7 cm³/mol. The number of hydrogen-bond donors (Lipinski definition) is 2. The van der Waals surface area contributed by atoms with Crippen LogP contribution in [0.25, 0.3) is 0 Å². The summed E-state index contributed by atoms with van der Waals surface area (Å²) in [6, 6.07) is 6.24. The zero-order valence-corrected chi connectivity index (χ0v) is 11.9. The standard InChI is InChI=1S/C15H24N2O2/c1-12-4-3-5-13(2)15(12)19-11-14(10-18)17-8-6-16-7-9-17/h3-5,14,16,18H,6-11H2,1-2H3. The summed E-state index contributed by atoms with van der Waals surface area (Å²) in [5, 5.41) is 12.9. The minimum atomic E-state index is 0.0844. The highest BCUT2D eigenvalue weighted by atomic mass is 16.5. The number of ether oxygens (including phenoxy) is 1. The number of hydrogen-bond acceptors (Lipinski definition) is 4. The maximum Gasteiger partial charge on any atom is 0.125 e. The van der Waals surface area contributed by atoms with E-state index in [0.717, 1.165) is 43.1 Å². The molecule has 0 aromatic heterocycles. The van der Waals surface area contributed by atoms with Gasteiger partial charge in [0.15, 0.2) is 0 Å². The molecule has 4 heteroatoms. The first-order chi connectivity index (χ1) is 9.22. The van der Waals surface area contributed by atoms with Gasteiger partial charge in [-0.15, -0.1) is 0 Å². The molecule has 1 heterocycles. The second-order valence-electron chi connectivity index (χ2n) is 5.15. The molecule has 1 fully saturated rings. The van der Waals surface area contributed by atoms with Gasteiger partial charge in [0.25, 0.3) is 0 Å². The molecule has 1 aliphatic heterocycles. The fourth-order valence-electron chi connectivity index (χ4n) is 2.53. The van der Waals surface area contributed by atoms with Crippen molar-refractivity contribution in [2.24, 2.45) is 0 Å². The summed E-state index contributed by atoms with van der Waals surface area (Å²) >= 11 is 0. The Hall–Kier alpha value is -1.10. The van der Waals surface area contributed by atoms with E-state index in [-0.39, 0.29) is 12.6 Å². The van der Waals surface area contributed by atoms with Gasteiger partial charge in [0.05, 0.1) is 12.6 Å². The molecular formula is C15H24N2O2. The van der Waals surface area contributed by atoms with Gasteiger partial charge >= 0.3 is 0 Å². The second kappa shape index (κ2) is 6.89. The van der Waals surface area contributed by atoms with E-state index in [0.29, 0.717) is 6.61 Å². The highest BCUT2D eigenvalue weighted by Gasteiger charge is 2.20. The fraction of sp³-hybridized carbons (Fsp3) is 0.600. The Kier molecular flexibility index (Phi) is 5.19. The van der Waals surface area contributed by atoms with Crippen LogP contribution in [0, 0.1) is 13.8 Å². The molecule has 1 atom stereocenters. The van der Waals surface area contributed by atoms with Gasteiger partial charge < -0.3 is 15.2 Å². The molecule has 0 bridgehead atoms. The number of benzene rings is 1. The molecule has 0 radical (unpaired) electrons. The first kappa shape index (κ1) is 14.3. The molecule has 1 saturated heterocycles. The van der Waals surface area contributed by atoms with Gasteiger partial charge in [-0.3, -0.25) is 4.90 Å². The Labute approximate surface area is 115 Å². The average molecular weight is 264 g/mol. The van der Waals surface area contributed by atoms with Crippen molar-refractivity contribution in [3.63, 3.8) is 0 Å². The van der Waals surface area contributed by atoms with Crippen molar-refractivity contribution >= 4 is 0 Å². The molecule has 0 spiro atoms. The molecule has 0 amide bonds. The number of rotatable bonds is 5. The quantitative estimate of drug-likeness (QED) is 0.831. The van der Waals surface area contributed by atoms with Crippen LogP contribution < -0.4 is 10.1 Å². The summed E-state index contributed by atoms with van der Waals surface area (Å²) in [6.07, 6.45) is 0. The van der Waals surface area contributed by atoms with Crippen molar-refractivity contribution in [3.8, 4) is 5.75 Å². The summed E-state index contributed by atoms with van der Waals surface area (Å²) < 4.78 is 5.95. The van der Waals surface area contributed by atoms with E-state index in [2.05, 4.69) is 36.2 Å². The highest BCUT2D eigenvalue weighted by molar-refractivity contribution is 5.39. The fourth-order valence-corrected chi connectivity index (χ4v) is 2.53. The van der Waals surface area contributed by atoms with Crippen LogP contribution in [-0.2, 0) is 0 Å². The Balaban J connectivity index is 1.95. The van der Waals surface area contributed by atoms with E-state index in [1.165, 1.54) is 0 Å². The Bertz CT molecular complexity index is 383. The highest BCUT2D eigenvalue weighted by Crippen LogP contribution is 2.22. The van der Waals surface area contributed by atoms with Crippen LogP contribution in [0.2, 0.25) is 0 Å². The van der Waals surface area contributed by atoms with Crippen LogP contribution in [0.1, 0.15) is 11.1 Å². The van der Waals surface area contributed by atoms with Crippen molar-refractivity contribution in [3.05, 3.63) is 29.3 Å². The van der Waals surface area contributed by atoms with E-state index in [1.54, 1.807) is 0 Å². The molecule has 19 heavy (non-hydrogen) atoms. The van der Waals surface area contributed by atoms with Gasteiger partial charge in [0, 0.05) is 26.2 Å². The molecule has 2 rings (SSSR count). The molecule has 0 saturated carbocycles. The third-order valence-corrected chi connectivity index (χ3v) is 3.71. The smallest absolute Gasteiger partial charge is 0.125 e. The van der Waals surface area contributed by atoms with Crippen molar-refractivity contribution in [2.45, 2.75) is 19.9 Å². The lowest BCUT2D eigenvalue weighted by atomic mass is 10.1. The third kappa shape index (κ3) is 3.69. The van der Waals surface area contributed by atoms with E-state index in [9.17, 15) is 5.11 Å². The minimum absolute atomic E-state index is 0.0844. The predicted octanol–water partition coefficient (Wildman–Crippen LogP) is 0.948. The number of para-hydroxylation sites is 1. The van der Waals surface area contributed by atoms with Gasteiger partial charge in [0.2, 0.25) is 0 Å². The lowest BCUT2D eigenvalue weighted by Crippen LogP contribution is -2.51. The number of piperazine rings is 1. The first-order valence-corrected chi connectivity index (χ1v) is 6.97. The van der Waals surface area contributed by atoms with Crippen LogP contribution in [0.4, 0.5) is 0 Å². The molecule has 1 unspecified atom stereocenters. The zero-order chi connectivity index (χ0) is 13.7. The summed E-state index contributed by atoms with van der Waals surface area (Å²) in [4.78, 5) is 2.30.